The lowest BCUT2D eigenvalue weighted by atomic mass is 10.0. The highest BCUT2D eigenvalue weighted by atomic mass is 16.6. The molecule has 152 valence electrons. The van der Waals surface area contributed by atoms with E-state index in [9.17, 15) is 19.7 Å². The highest BCUT2D eigenvalue weighted by Gasteiger charge is 2.19. The standard InChI is InChI=1S/C23H20N2O5/c1-15-8-9-17(12-16(15)2)22(26)14-30-23(27)18-10-11-20(21(13-18)25(28)29)24-19-6-4-3-5-7-19/h3-13,24H,14H2,1-2H3. The van der Waals surface area contributed by atoms with Gasteiger partial charge in [0.1, 0.15) is 5.69 Å². The molecule has 30 heavy (non-hydrogen) atoms. The minimum atomic E-state index is -0.804. The predicted molar refractivity (Wildman–Crippen MR) is 113 cm³/mol. The molecule has 0 saturated carbocycles. The Morgan fingerprint density at radius 1 is 0.933 bits per heavy atom. The van der Waals surface area contributed by atoms with Gasteiger partial charge in [0, 0.05) is 17.3 Å². The van der Waals surface area contributed by atoms with Crippen molar-refractivity contribution in [3.05, 3.63) is 99.1 Å². The van der Waals surface area contributed by atoms with Crippen LogP contribution in [-0.4, -0.2) is 23.3 Å². The van der Waals surface area contributed by atoms with Crippen molar-refractivity contribution in [2.75, 3.05) is 11.9 Å². The van der Waals surface area contributed by atoms with Gasteiger partial charge in [0.15, 0.2) is 12.4 Å². The van der Waals surface area contributed by atoms with Gasteiger partial charge < -0.3 is 10.1 Å². The van der Waals surface area contributed by atoms with Crippen LogP contribution in [0.5, 0.6) is 0 Å². The van der Waals surface area contributed by atoms with Crippen LogP contribution >= 0.6 is 0 Å². The Hall–Kier alpha value is -4.00. The molecule has 3 aromatic rings. The van der Waals surface area contributed by atoms with Gasteiger partial charge in [0.05, 0.1) is 10.5 Å². The molecule has 0 amide bonds. The number of nitro groups is 1. The molecule has 3 rings (SSSR count). The van der Waals surface area contributed by atoms with Crippen LogP contribution in [-0.2, 0) is 4.74 Å². The van der Waals surface area contributed by atoms with Crippen LogP contribution in [0.25, 0.3) is 0 Å². The lowest BCUT2D eigenvalue weighted by Crippen LogP contribution is -2.15. The second kappa shape index (κ2) is 9.00. The van der Waals surface area contributed by atoms with Crippen molar-refractivity contribution >= 4 is 28.8 Å². The number of ketones is 1. The van der Waals surface area contributed by atoms with E-state index in [0.29, 0.717) is 11.3 Å². The number of nitrogens with one attached hydrogen (secondary N) is 1. The van der Waals surface area contributed by atoms with E-state index in [1.807, 2.05) is 26.0 Å². The smallest absolute Gasteiger partial charge is 0.338 e. The SMILES string of the molecule is Cc1ccc(C(=O)COC(=O)c2ccc(Nc3ccccc3)c([N+](=O)[O-])c2)cc1C. The molecule has 3 aromatic carbocycles. The summed E-state index contributed by atoms with van der Waals surface area (Å²) in [5, 5.41) is 14.4. The average molecular weight is 404 g/mol. The summed E-state index contributed by atoms with van der Waals surface area (Å²) in [5.74, 6) is -1.15. The van der Waals surface area contributed by atoms with Gasteiger partial charge in [-0.25, -0.2) is 4.79 Å². The van der Waals surface area contributed by atoms with Crippen molar-refractivity contribution in [1.29, 1.82) is 0 Å². The third-order valence-corrected chi connectivity index (χ3v) is 4.65. The Morgan fingerprint density at radius 2 is 1.63 bits per heavy atom. The van der Waals surface area contributed by atoms with E-state index in [2.05, 4.69) is 5.32 Å². The maximum Gasteiger partial charge on any atom is 0.338 e. The van der Waals surface area contributed by atoms with Gasteiger partial charge >= 0.3 is 5.97 Å². The highest BCUT2D eigenvalue weighted by Crippen LogP contribution is 2.29. The summed E-state index contributed by atoms with van der Waals surface area (Å²) in [7, 11) is 0. The van der Waals surface area contributed by atoms with Crippen molar-refractivity contribution in [2.45, 2.75) is 13.8 Å². The molecule has 0 heterocycles. The van der Waals surface area contributed by atoms with Gasteiger partial charge in [-0.2, -0.15) is 0 Å². The maximum atomic E-state index is 12.3. The number of ether oxygens (including phenoxy) is 1. The number of esters is 1. The van der Waals surface area contributed by atoms with E-state index >= 15 is 0 Å². The molecular formula is C23H20N2O5. The van der Waals surface area contributed by atoms with Crippen molar-refractivity contribution in [3.8, 4) is 0 Å². The number of para-hydroxylation sites is 1. The number of nitrogens with zero attached hydrogens (tertiary/aromatic N) is 1. The summed E-state index contributed by atoms with van der Waals surface area (Å²) in [4.78, 5) is 35.5. The minimum absolute atomic E-state index is 0.00630. The Labute approximate surface area is 173 Å². The molecule has 0 aliphatic heterocycles. The van der Waals surface area contributed by atoms with Crippen LogP contribution in [0.4, 0.5) is 17.1 Å². The zero-order valence-electron chi connectivity index (χ0n) is 16.5. The largest absolute Gasteiger partial charge is 0.454 e. The number of hydrogen-bond donors (Lipinski definition) is 1. The lowest BCUT2D eigenvalue weighted by Gasteiger charge is -2.09. The molecule has 7 heteroatoms. The molecule has 0 aromatic heterocycles. The molecule has 0 bridgehead atoms. The Morgan fingerprint density at radius 3 is 2.30 bits per heavy atom. The lowest BCUT2D eigenvalue weighted by molar-refractivity contribution is -0.383. The maximum absolute atomic E-state index is 12.3. The number of anilines is 2. The molecule has 0 fully saturated rings. The number of carbonyl (C=O) groups excluding carboxylic acids is 2. The molecule has 0 aliphatic carbocycles. The summed E-state index contributed by atoms with van der Waals surface area (Å²) in [5.41, 5.74) is 3.11. The van der Waals surface area contributed by atoms with E-state index in [0.717, 1.165) is 17.2 Å². The molecule has 0 radical (unpaired) electrons. The first-order chi connectivity index (χ1) is 14.3. The Balaban J connectivity index is 1.72. The van der Waals surface area contributed by atoms with Gasteiger partial charge in [-0.3, -0.25) is 14.9 Å². The quantitative estimate of drug-likeness (QED) is 0.258. The first-order valence-electron chi connectivity index (χ1n) is 9.23. The molecule has 0 saturated heterocycles. The molecule has 0 aliphatic rings. The monoisotopic (exact) mass is 404 g/mol. The van der Waals surface area contributed by atoms with Crippen LogP contribution < -0.4 is 5.32 Å². The topological polar surface area (TPSA) is 98.5 Å². The number of nitro benzene ring substituents is 1. The molecule has 0 spiro atoms. The van der Waals surface area contributed by atoms with E-state index in [4.69, 9.17) is 4.74 Å². The zero-order chi connectivity index (χ0) is 21.7. The van der Waals surface area contributed by atoms with Crippen molar-refractivity contribution in [1.82, 2.24) is 0 Å². The summed E-state index contributed by atoms with van der Waals surface area (Å²) in [6.07, 6.45) is 0. The Kier molecular flexibility index (Phi) is 6.22. The number of benzene rings is 3. The van der Waals surface area contributed by atoms with Gasteiger partial charge in [0.2, 0.25) is 0 Å². The summed E-state index contributed by atoms with van der Waals surface area (Å²) < 4.78 is 5.08. The second-order valence-corrected chi connectivity index (χ2v) is 6.78. The number of hydrogen-bond acceptors (Lipinski definition) is 6. The predicted octanol–water partition coefficient (Wildman–Crippen LogP) is 4.99. The third-order valence-electron chi connectivity index (χ3n) is 4.65. The first-order valence-corrected chi connectivity index (χ1v) is 9.23. The van der Waals surface area contributed by atoms with Gasteiger partial charge in [-0.05, 0) is 55.3 Å². The number of rotatable bonds is 7. The summed E-state index contributed by atoms with van der Waals surface area (Å²) in [6, 6.07) is 18.2. The molecule has 7 nitrogen and oxygen atoms in total. The zero-order valence-corrected chi connectivity index (χ0v) is 16.5. The fraction of sp³-hybridized carbons (Fsp3) is 0.130. The summed E-state index contributed by atoms with van der Waals surface area (Å²) in [6.45, 7) is 3.38. The number of carbonyl (C=O) groups is 2. The van der Waals surface area contributed by atoms with Gasteiger partial charge in [-0.15, -0.1) is 0 Å². The Bertz CT molecular complexity index is 1110. The van der Waals surface area contributed by atoms with E-state index in [1.165, 1.54) is 12.1 Å². The minimum Gasteiger partial charge on any atom is -0.454 e. The van der Waals surface area contributed by atoms with Crippen LogP contribution in [0, 0.1) is 24.0 Å². The fourth-order valence-electron chi connectivity index (χ4n) is 2.80. The van der Waals surface area contributed by atoms with Crippen LogP contribution in [0.1, 0.15) is 31.8 Å². The van der Waals surface area contributed by atoms with Crippen molar-refractivity contribution < 1.29 is 19.2 Å². The normalized spacial score (nSPS) is 10.3. The number of aryl methyl sites for hydroxylation is 2. The highest BCUT2D eigenvalue weighted by molar-refractivity contribution is 5.99. The van der Waals surface area contributed by atoms with Gasteiger partial charge in [0.25, 0.3) is 5.69 Å². The van der Waals surface area contributed by atoms with E-state index in [-0.39, 0.29) is 22.7 Å². The molecule has 0 unspecified atom stereocenters. The first kappa shape index (κ1) is 20.7. The van der Waals surface area contributed by atoms with Crippen molar-refractivity contribution in [3.63, 3.8) is 0 Å². The fourth-order valence-corrected chi connectivity index (χ4v) is 2.80. The van der Waals surface area contributed by atoms with Crippen molar-refractivity contribution in [2.24, 2.45) is 0 Å². The van der Waals surface area contributed by atoms with E-state index in [1.54, 1.807) is 36.4 Å². The molecule has 0 atom stereocenters. The van der Waals surface area contributed by atoms with Crippen LogP contribution in [0.3, 0.4) is 0 Å². The second-order valence-electron chi connectivity index (χ2n) is 6.78. The van der Waals surface area contributed by atoms with Gasteiger partial charge in [-0.1, -0.05) is 30.3 Å². The van der Waals surface area contributed by atoms with E-state index < -0.39 is 17.5 Å². The van der Waals surface area contributed by atoms with Crippen LogP contribution in [0.2, 0.25) is 0 Å². The molecule has 1 N–H and O–H groups in total. The summed E-state index contributed by atoms with van der Waals surface area (Å²) >= 11 is 0. The van der Waals surface area contributed by atoms with Crippen LogP contribution in [0.15, 0.2) is 66.7 Å². The number of Topliss-reactive ketones (excluding diaryl/α,β-unsaturated/α-hetero) is 1. The average Bonchev–Trinajstić information content (AvgIpc) is 2.74. The molecular weight excluding hydrogens is 384 g/mol. The third kappa shape index (κ3) is 4.88.